The van der Waals surface area contributed by atoms with Crippen molar-refractivity contribution in [2.24, 2.45) is 0 Å². The van der Waals surface area contributed by atoms with Gasteiger partial charge in [0.05, 0.1) is 17.2 Å². The largest absolute Gasteiger partial charge is 0.329 e. The van der Waals surface area contributed by atoms with Crippen LogP contribution in [-0.4, -0.2) is 54.2 Å². The van der Waals surface area contributed by atoms with E-state index >= 15 is 0 Å². The molecule has 0 aromatic heterocycles. The molecule has 2 aromatic carbocycles. The van der Waals surface area contributed by atoms with Crippen molar-refractivity contribution in [3.63, 3.8) is 0 Å². The molecule has 0 bridgehead atoms. The molecule has 3 amide bonds. The smallest absolute Gasteiger partial charge is 0.261 e. The quantitative estimate of drug-likeness (QED) is 0.833. The van der Waals surface area contributed by atoms with Gasteiger partial charge in [-0.3, -0.25) is 19.3 Å². The van der Waals surface area contributed by atoms with Crippen LogP contribution in [-0.2, 0) is 6.42 Å². The summed E-state index contributed by atoms with van der Waals surface area (Å²) in [5, 5.41) is 3.36. The van der Waals surface area contributed by atoms with Crippen molar-refractivity contribution >= 4 is 17.7 Å². The maximum absolute atomic E-state index is 13.3. The van der Waals surface area contributed by atoms with Gasteiger partial charge in [0.15, 0.2) is 0 Å². The highest BCUT2D eigenvalue weighted by Crippen LogP contribution is 2.27. The number of benzene rings is 2. The summed E-state index contributed by atoms with van der Waals surface area (Å²) in [6.07, 6.45) is 0.974. The van der Waals surface area contributed by atoms with Crippen LogP contribution in [0.3, 0.4) is 0 Å². The van der Waals surface area contributed by atoms with E-state index < -0.39 is 0 Å². The second kappa shape index (κ2) is 7.20. The number of nitrogens with one attached hydrogen (secondary N) is 1. The minimum Gasteiger partial charge on any atom is -0.329 e. The zero-order chi connectivity index (χ0) is 19.8. The highest BCUT2D eigenvalue weighted by atomic mass is 16.2. The van der Waals surface area contributed by atoms with Crippen molar-refractivity contribution in [1.29, 1.82) is 0 Å². The van der Waals surface area contributed by atoms with Crippen LogP contribution in [0.1, 0.15) is 55.2 Å². The molecule has 1 atom stereocenters. The Kier molecular flexibility index (Phi) is 4.73. The van der Waals surface area contributed by atoms with Crippen LogP contribution in [0.25, 0.3) is 0 Å². The summed E-state index contributed by atoms with van der Waals surface area (Å²) < 4.78 is 0. The molecule has 0 saturated carbocycles. The molecular weight excluding hydrogens is 354 g/mol. The minimum atomic E-state index is -0.360. The normalized spacial score (nSPS) is 19.1. The van der Waals surface area contributed by atoms with Crippen molar-refractivity contribution in [1.82, 2.24) is 15.1 Å². The standard InChI is InChI=1S/C22H23N3O3/c1-3-14-4-6-15(7-5-14)19-13-23-10-11-25(19)20(26)16-8-9-17-18(12-16)22(28)24(2)21(17)27/h4-9,12,19,23H,3,10-11,13H2,1-2H3. The van der Waals surface area contributed by atoms with Crippen LogP contribution < -0.4 is 5.32 Å². The number of hydrogen-bond acceptors (Lipinski definition) is 4. The number of nitrogens with zero attached hydrogens (tertiary/aromatic N) is 2. The number of amides is 3. The molecule has 1 unspecified atom stereocenters. The average Bonchev–Trinajstić information content (AvgIpc) is 2.97. The molecule has 6 heteroatoms. The Hall–Kier alpha value is -2.99. The van der Waals surface area contributed by atoms with Gasteiger partial charge in [0.1, 0.15) is 0 Å². The van der Waals surface area contributed by atoms with Crippen molar-refractivity contribution in [2.75, 3.05) is 26.7 Å². The summed E-state index contributed by atoms with van der Waals surface area (Å²) in [5.41, 5.74) is 3.45. The molecular formula is C22H23N3O3. The van der Waals surface area contributed by atoms with Crippen LogP contribution in [0.2, 0.25) is 0 Å². The Balaban J connectivity index is 1.64. The SMILES string of the molecule is CCc1ccc(C2CNCCN2C(=O)c2ccc3c(c2)C(=O)N(C)C3=O)cc1. The Morgan fingerprint density at radius 1 is 1.07 bits per heavy atom. The molecule has 1 N–H and O–H groups in total. The van der Waals surface area contributed by atoms with Crippen molar-refractivity contribution in [3.8, 4) is 0 Å². The first-order valence-corrected chi connectivity index (χ1v) is 9.58. The lowest BCUT2D eigenvalue weighted by molar-refractivity contribution is 0.0633. The number of fused-ring (bicyclic) bond motifs is 1. The molecule has 0 radical (unpaired) electrons. The van der Waals surface area contributed by atoms with E-state index in [1.807, 2.05) is 4.90 Å². The van der Waals surface area contributed by atoms with Gasteiger partial charge in [0, 0.05) is 32.2 Å². The number of hydrogen-bond donors (Lipinski definition) is 1. The minimum absolute atomic E-state index is 0.0691. The summed E-state index contributed by atoms with van der Waals surface area (Å²) in [5.74, 6) is -0.805. The summed E-state index contributed by atoms with van der Waals surface area (Å²) in [4.78, 5) is 40.6. The molecule has 1 saturated heterocycles. The first kappa shape index (κ1) is 18.4. The molecule has 4 rings (SSSR count). The van der Waals surface area contributed by atoms with Gasteiger partial charge in [-0.1, -0.05) is 31.2 Å². The van der Waals surface area contributed by atoms with Crippen molar-refractivity contribution in [2.45, 2.75) is 19.4 Å². The number of imide groups is 1. The van der Waals surface area contributed by atoms with Gasteiger partial charge in [0.25, 0.3) is 17.7 Å². The van der Waals surface area contributed by atoms with Gasteiger partial charge in [0.2, 0.25) is 0 Å². The van der Waals surface area contributed by atoms with Gasteiger partial charge in [-0.05, 0) is 35.7 Å². The zero-order valence-electron chi connectivity index (χ0n) is 16.1. The summed E-state index contributed by atoms with van der Waals surface area (Å²) >= 11 is 0. The summed E-state index contributed by atoms with van der Waals surface area (Å²) in [6, 6.07) is 13.1. The number of rotatable bonds is 3. The lowest BCUT2D eigenvalue weighted by Crippen LogP contribution is -2.48. The van der Waals surface area contributed by atoms with E-state index in [2.05, 4.69) is 36.5 Å². The van der Waals surface area contributed by atoms with E-state index in [1.54, 1.807) is 18.2 Å². The number of piperazine rings is 1. The third-order valence-corrected chi connectivity index (χ3v) is 5.61. The lowest BCUT2D eigenvalue weighted by atomic mass is 9.99. The zero-order valence-corrected chi connectivity index (χ0v) is 16.1. The molecule has 28 heavy (non-hydrogen) atoms. The topological polar surface area (TPSA) is 69.7 Å². The fourth-order valence-corrected chi connectivity index (χ4v) is 3.88. The van der Waals surface area contributed by atoms with E-state index in [9.17, 15) is 14.4 Å². The van der Waals surface area contributed by atoms with Gasteiger partial charge < -0.3 is 10.2 Å². The van der Waals surface area contributed by atoms with E-state index in [1.165, 1.54) is 12.6 Å². The van der Waals surface area contributed by atoms with Crippen LogP contribution in [0, 0.1) is 0 Å². The highest BCUT2D eigenvalue weighted by Gasteiger charge is 2.35. The predicted octanol–water partition coefficient (Wildman–Crippen LogP) is 2.26. The van der Waals surface area contributed by atoms with Crippen molar-refractivity contribution < 1.29 is 14.4 Å². The average molecular weight is 377 g/mol. The molecule has 6 nitrogen and oxygen atoms in total. The van der Waals surface area contributed by atoms with Crippen LogP contribution in [0.5, 0.6) is 0 Å². The predicted molar refractivity (Wildman–Crippen MR) is 105 cm³/mol. The third-order valence-electron chi connectivity index (χ3n) is 5.61. The van der Waals surface area contributed by atoms with Gasteiger partial charge in [-0.2, -0.15) is 0 Å². The first-order valence-electron chi connectivity index (χ1n) is 9.58. The number of carbonyl (C=O) groups excluding carboxylic acids is 3. The van der Waals surface area contributed by atoms with Crippen LogP contribution in [0.4, 0.5) is 0 Å². The first-order chi connectivity index (χ1) is 13.5. The number of carbonyl (C=O) groups is 3. The van der Waals surface area contributed by atoms with Crippen LogP contribution in [0.15, 0.2) is 42.5 Å². The van der Waals surface area contributed by atoms with E-state index in [0.717, 1.165) is 23.4 Å². The third kappa shape index (κ3) is 2.99. The number of aryl methyl sites for hydroxylation is 1. The second-order valence-electron chi connectivity index (χ2n) is 7.24. The maximum atomic E-state index is 13.3. The fourth-order valence-electron chi connectivity index (χ4n) is 3.88. The Labute approximate surface area is 164 Å². The van der Waals surface area contributed by atoms with Gasteiger partial charge >= 0.3 is 0 Å². The Morgan fingerprint density at radius 3 is 2.50 bits per heavy atom. The molecule has 0 spiro atoms. The van der Waals surface area contributed by atoms with E-state index in [-0.39, 0.29) is 23.8 Å². The van der Waals surface area contributed by atoms with Crippen molar-refractivity contribution in [3.05, 3.63) is 70.3 Å². The Morgan fingerprint density at radius 2 is 1.79 bits per heavy atom. The molecule has 1 fully saturated rings. The Bertz CT molecular complexity index is 952. The van der Waals surface area contributed by atoms with Gasteiger partial charge in [-0.15, -0.1) is 0 Å². The molecule has 2 aromatic rings. The fraction of sp³-hybridized carbons (Fsp3) is 0.318. The molecule has 144 valence electrons. The molecule has 2 aliphatic heterocycles. The molecule has 2 aliphatic rings. The monoisotopic (exact) mass is 377 g/mol. The van der Waals surface area contributed by atoms with E-state index in [4.69, 9.17) is 0 Å². The molecule has 0 aliphatic carbocycles. The lowest BCUT2D eigenvalue weighted by Gasteiger charge is -2.36. The molecule has 2 heterocycles. The van der Waals surface area contributed by atoms with Gasteiger partial charge in [-0.25, -0.2) is 0 Å². The van der Waals surface area contributed by atoms with E-state index in [0.29, 0.717) is 29.8 Å². The highest BCUT2D eigenvalue weighted by molar-refractivity contribution is 6.21. The summed E-state index contributed by atoms with van der Waals surface area (Å²) in [7, 11) is 1.46. The second-order valence-corrected chi connectivity index (χ2v) is 7.24. The summed E-state index contributed by atoms with van der Waals surface area (Å²) in [6.45, 7) is 4.11. The maximum Gasteiger partial charge on any atom is 0.261 e. The van der Waals surface area contributed by atoms with Crippen LogP contribution >= 0.6 is 0 Å².